The van der Waals surface area contributed by atoms with Crippen molar-refractivity contribution in [1.82, 2.24) is 10.7 Å². The molecule has 0 atom stereocenters. The molecular formula is C23H20BrClN4O5. The zero-order valence-corrected chi connectivity index (χ0v) is 20.3. The molecule has 34 heavy (non-hydrogen) atoms. The zero-order valence-electron chi connectivity index (χ0n) is 17.9. The van der Waals surface area contributed by atoms with Crippen molar-refractivity contribution >= 4 is 57.2 Å². The van der Waals surface area contributed by atoms with Crippen LogP contribution in [0.3, 0.4) is 0 Å². The SMILES string of the molecule is Cc1ccc(NC(=O)COc2ccc(Br)cc2/C=N\NC(=O)C(=O)NCc2ccco2)cc1Cl. The van der Waals surface area contributed by atoms with Crippen LogP contribution in [0.15, 0.2) is 68.8 Å². The Morgan fingerprint density at radius 3 is 2.71 bits per heavy atom. The van der Waals surface area contributed by atoms with Gasteiger partial charge in [0.05, 0.1) is 19.0 Å². The van der Waals surface area contributed by atoms with Gasteiger partial charge in [0.15, 0.2) is 6.61 Å². The summed E-state index contributed by atoms with van der Waals surface area (Å²) in [5, 5.41) is 9.45. The number of hydrogen-bond donors (Lipinski definition) is 3. The number of aryl methyl sites for hydroxylation is 1. The fourth-order valence-electron chi connectivity index (χ4n) is 2.63. The lowest BCUT2D eigenvalue weighted by Crippen LogP contribution is -2.37. The van der Waals surface area contributed by atoms with E-state index in [1.54, 1.807) is 48.5 Å². The monoisotopic (exact) mass is 546 g/mol. The number of nitrogens with zero attached hydrogens (tertiary/aromatic N) is 1. The average molecular weight is 548 g/mol. The van der Waals surface area contributed by atoms with E-state index in [1.165, 1.54) is 12.5 Å². The van der Waals surface area contributed by atoms with Crippen LogP contribution in [0, 0.1) is 6.92 Å². The number of rotatable bonds is 8. The molecule has 0 fully saturated rings. The van der Waals surface area contributed by atoms with E-state index in [0.717, 1.165) is 10.0 Å². The standard InChI is InChI=1S/C23H20BrClN4O5/c1-14-4-6-17(10-19(14)25)28-21(30)13-34-20-7-5-16(24)9-15(20)11-27-29-23(32)22(31)26-12-18-3-2-8-33-18/h2-11H,12-13H2,1H3,(H,26,31)(H,28,30)(H,29,32)/b27-11-. The number of anilines is 1. The molecule has 3 N–H and O–H groups in total. The number of amides is 3. The van der Waals surface area contributed by atoms with Gasteiger partial charge >= 0.3 is 11.8 Å². The van der Waals surface area contributed by atoms with Crippen molar-refractivity contribution < 1.29 is 23.5 Å². The Kier molecular flexibility index (Phi) is 8.83. The molecular weight excluding hydrogens is 528 g/mol. The van der Waals surface area contributed by atoms with Crippen LogP contribution in [-0.4, -0.2) is 30.5 Å². The number of hydrogen-bond acceptors (Lipinski definition) is 6. The first kappa shape index (κ1) is 25.0. The Morgan fingerprint density at radius 2 is 1.97 bits per heavy atom. The van der Waals surface area contributed by atoms with E-state index >= 15 is 0 Å². The first-order valence-corrected chi connectivity index (χ1v) is 11.1. The van der Waals surface area contributed by atoms with Crippen LogP contribution in [0.4, 0.5) is 5.69 Å². The summed E-state index contributed by atoms with van der Waals surface area (Å²) in [4.78, 5) is 36.0. The largest absolute Gasteiger partial charge is 0.483 e. The Hall–Kier alpha value is -3.63. The third-order valence-electron chi connectivity index (χ3n) is 4.37. The van der Waals surface area contributed by atoms with E-state index in [0.29, 0.717) is 27.8 Å². The highest BCUT2D eigenvalue weighted by atomic mass is 79.9. The van der Waals surface area contributed by atoms with Gasteiger partial charge in [0, 0.05) is 20.7 Å². The summed E-state index contributed by atoms with van der Waals surface area (Å²) < 4.78 is 11.4. The summed E-state index contributed by atoms with van der Waals surface area (Å²) in [5.74, 6) is -1.34. The first-order chi connectivity index (χ1) is 16.3. The third kappa shape index (κ3) is 7.46. The van der Waals surface area contributed by atoms with Crippen LogP contribution in [0.25, 0.3) is 0 Å². The van der Waals surface area contributed by atoms with Gasteiger partial charge < -0.3 is 19.8 Å². The number of furan rings is 1. The van der Waals surface area contributed by atoms with Gasteiger partial charge in [0.25, 0.3) is 5.91 Å². The fraction of sp³-hybridized carbons (Fsp3) is 0.130. The lowest BCUT2D eigenvalue weighted by Gasteiger charge is -2.11. The van der Waals surface area contributed by atoms with E-state index in [2.05, 4.69) is 37.1 Å². The minimum absolute atomic E-state index is 0.0729. The molecule has 3 amide bonds. The van der Waals surface area contributed by atoms with Crippen LogP contribution in [0.2, 0.25) is 5.02 Å². The van der Waals surface area contributed by atoms with Crippen LogP contribution >= 0.6 is 27.5 Å². The molecule has 0 aliphatic carbocycles. The second-order valence-corrected chi connectivity index (χ2v) is 8.27. The summed E-state index contributed by atoms with van der Waals surface area (Å²) in [7, 11) is 0. The molecule has 176 valence electrons. The number of nitrogens with one attached hydrogen (secondary N) is 3. The molecule has 0 radical (unpaired) electrons. The molecule has 9 nitrogen and oxygen atoms in total. The fourth-order valence-corrected chi connectivity index (χ4v) is 3.19. The highest BCUT2D eigenvalue weighted by Crippen LogP contribution is 2.22. The van der Waals surface area contributed by atoms with E-state index in [-0.39, 0.29) is 19.1 Å². The molecule has 0 aliphatic heterocycles. The van der Waals surface area contributed by atoms with Gasteiger partial charge in [-0.3, -0.25) is 14.4 Å². The van der Waals surface area contributed by atoms with Crippen LogP contribution in [0.1, 0.15) is 16.9 Å². The minimum Gasteiger partial charge on any atom is -0.483 e. The van der Waals surface area contributed by atoms with Crippen LogP contribution in [-0.2, 0) is 20.9 Å². The molecule has 0 saturated heterocycles. The van der Waals surface area contributed by atoms with Crippen molar-refractivity contribution in [3.63, 3.8) is 0 Å². The summed E-state index contributed by atoms with van der Waals surface area (Å²) in [6, 6.07) is 13.6. The highest BCUT2D eigenvalue weighted by Gasteiger charge is 2.13. The van der Waals surface area contributed by atoms with E-state index in [1.807, 2.05) is 6.92 Å². The lowest BCUT2D eigenvalue weighted by atomic mass is 10.2. The number of benzene rings is 2. The molecule has 0 spiro atoms. The zero-order chi connectivity index (χ0) is 24.5. The van der Waals surface area contributed by atoms with Gasteiger partial charge in [0.1, 0.15) is 11.5 Å². The molecule has 1 aromatic heterocycles. The van der Waals surface area contributed by atoms with Gasteiger partial charge in [-0.25, -0.2) is 5.43 Å². The van der Waals surface area contributed by atoms with Gasteiger partial charge in [-0.05, 0) is 55.0 Å². The Balaban J connectivity index is 1.54. The Morgan fingerprint density at radius 1 is 1.15 bits per heavy atom. The van der Waals surface area contributed by atoms with Crippen molar-refractivity contribution in [2.45, 2.75) is 13.5 Å². The Bertz CT molecular complexity index is 1210. The molecule has 1 heterocycles. The molecule has 0 saturated carbocycles. The van der Waals surface area contributed by atoms with Gasteiger partial charge in [0.2, 0.25) is 0 Å². The molecule has 0 aliphatic rings. The first-order valence-electron chi connectivity index (χ1n) is 9.94. The van der Waals surface area contributed by atoms with E-state index in [9.17, 15) is 14.4 Å². The van der Waals surface area contributed by atoms with Gasteiger partial charge in [-0.1, -0.05) is 33.6 Å². The van der Waals surface area contributed by atoms with Gasteiger partial charge in [-0.2, -0.15) is 5.10 Å². The second kappa shape index (κ2) is 12.0. The van der Waals surface area contributed by atoms with E-state index < -0.39 is 11.8 Å². The molecule has 11 heteroatoms. The molecule has 3 aromatic rings. The minimum atomic E-state index is -0.948. The van der Waals surface area contributed by atoms with Crippen molar-refractivity contribution in [2.75, 3.05) is 11.9 Å². The molecule has 2 aromatic carbocycles. The quantitative estimate of drug-likeness (QED) is 0.225. The predicted molar refractivity (Wildman–Crippen MR) is 131 cm³/mol. The number of carbonyl (C=O) groups is 3. The maximum Gasteiger partial charge on any atom is 0.329 e. The highest BCUT2D eigenvalue weighted by molar-refractivity contribution is 9.10. The molecule has 3 rings (SSSR count). The summed E-state index contributed by atoms with van der Waals surface area (Å²) in [6.07, 6.45) is 2.76. The average Bonchev–Trinajstić information content (AvgIpc) is 3.33. The van der Waals surface area contributed by atoms with Gasteiger partial charge in [-0.15, -0.1) is 0 Å². The number of hydrazone groups is 1. The van der Waals surface area contributed by atoms with Crippen molar-refractivity contribution in [2.24, 2.45) is 5.10 Å². The van der Waals surface area contributed by atoms with E-state index in [4.69, 9.17) is 20.8 Å². The topological polar surface area (TPSA) is 122 Å². The maximum absolute atomic E-state index is 12.3. The molecule has 0 unspecified atom stereocenters. The van der Waals surface area contributed by atoms with Crippen molar-refractivity contribution in [3.8, 4) is 5.75 Å². The number of halogens is 2. The number of carbonyl (C=O) groups excluding carboxylic acids is 3. The summed E-state index contributed by atoms with van der Waals surface area (Å²) >= 11 is 9.42. The van der Waals surface area contributed by atoms with Crippen molar-refractivity contribution in [1.29, 1.82) is 0 Å². The number of ether oxygens (including phenoxy) is 1. The van der Waals surface area contributed by atoms with Crippen LogP contribution < -0.4 is 20.8 Å². The summed E-state index contributed by atoms with van der Waals surface area (Å²) in [6.45, 7) is 1.67. The Labute approximate surface area is 208 Å². The third-order valence-corrected chi connectivity index (χ3v) is 5.27. The molecule has 0 bridgehead atoms. The smallest absolute Gasteiger partial charge is 0.329 e. The second-order valence-electron chi connectivity index (χ2n) is 6.94. The van der Waals surface area contributed by atoms with Crippen LogP contribution in [0.5, 0.6) is 5.75 Å². The van der Waals surface area contributed by atoms with Crippen molar-refractivity contribution in [3.05, 3.63) is 81.2 Å². The lowest BCUT2D eigenvalue weighted by molar-refractivity contribution is -0.139. The maximum atomic E-state index is 12.3. The predicted octanol–water partition coefficient (Wildman–Crippen LogP) is 3.79. The summed E-state index contributed by atoms with van der Waals surface area (Å²) in [5.41, 5.74) is 4.06. The normalized spacial score (nSPS) is 10.7.